The van der Waals surface area contributed by atoms with Gasteiger partial charge in [-0.15, -0.1) is 0 Å². The molecule has 0 aromatic carbocycles. The molecule has 1 N–H and O–H groups in total. The van der Waals surface area contributed by atoms with Crippen LogP contribution in [0.15, 0.2) is 0 Å². The lowest BCUT2D eigenvalue weighted by Crippen LogP contribution is -2.44. The van der Waals surface area contributed by atoms with Gasteiger partial charge >= 0.3 is 6.18 Å². The Balaban J connectivity index is 3.93. The van der Waals surface area contributed by atoms with Gasteiger partial charge in [0, 0.05) is 19.7 Å². The first-order valence-corrected chi connectivity index (χ1v) is 4.86. The number of hydrogen-bond acceptors (Lipinski definition) is 3. The fourth-order valence-corrected chi connectivity index (χ4v) is 1.41. The van der Waals surface area contributed by atoms with Crippen LogP contribution in [0.3, 0.4) is 0 Å². The Morgan fingerprint density at radius 2 is 2.00 bits per heavy atom. The molecule has 0 spiro atoms. The van der Waals surface area contributed by atoms with Crippen LogP contribution < -0.4 is 5.32 Å². The van der Waals surface area contributed by atoms with E-state index in [0.717, 1.165) is 0 Å². The van der Waals surface area contributed by atoms with Gasteiger partial charge < -0.3 is 10.1 Å². The van der Waals surface area contributed by atoms with Gasteiger partial charge in [-0.25, -0.2) is 0 Å². The first-order valence-electron chi connectivity index (χ1n) is 4.86. The van der Waals surface area contributed by atoms with Crippen molar-refractivity contribution in [2.45, 2.75) is 19.1 Å². The van der Waals surface area contributed by atoms with Gasteiger partial charge in [0.1, 0.15) is 0 Å². The van der Waals surface area contributed by atoms with Crippen LogP contribution in [0.2, 0.25) is 0 Å². The van der Waals surface area contributed by atoms with E-state index in [-0.39, 0.29) is 6.04 Å². The smallest absolute Gasteiger partial charge is 0.383 e. The molecule has 92 valence electrons. The van der Waals surface area contributed by atoms with Crippen LogP contribution in [0.25, 0.3) is 0 Å². The molecule has 0 aliphatic heterocycles. The van der Waals surface area contributed by atoms with E-state index in [9.17, 15) is 13.2 Å². The van der Waals surface area contributed by atoms with Crippen LogP contribution in [0, 0.1) is 0 Å². The number of rotatable bonds is 7. The minimum atomic E-state index is -4.14. The fourth-order valence-electron chi connectivity index (χ4n) is 1.41. The maximum atomic E-state index is 12.0. The van der Waals surface area contributed by atoms with Gasteiger partial charge in [0.05, 0.1) is 13.2 Å². The van der Waals surface area contributed by atoms with Crippen molar-refractivity contribution in [3.8, 4) is 0 Å². The monoisotopic (exact) mass is 228 g/mol. The Hall–Kier alpha value is -0.330. The van der Waals surface area contributed by atoms with Gasteiger partial charge in [-0.05, 0) is 13.6 Å². The van der Waals surface area contributed by atoms with E-state index in [0.29, 0.717) is 19.7 Å². The van der Waals surface area contributed by atoms with E-state index >= 15 is 0 Å². The molecule has 0 radical (unpaired) electrons. The normalized spacial score (nSPS) is 14.6. The molecule has 0 rings (SSSR count). The molecular weight excluding hydrogens is 209 g/mol. The van der Waals surface area contributed by atoms with Crippen molar-refractivity contribution in [3.63, 3.8) is 0 Å². The molecule has 6 heteroatoms. The van der Waals surface area contributed by atoms with E-state index in [1.807, 2.05) is 6.92 Å². The summed E-state index contributed by atoms with van der Waals surface area (Å²) in [5, 5.41) is 3.07. The molecule has 0 aliphatic carbocycles. The third-order valence-corrected chi connectivity index (χ3v) is 1.84. The zero-order chi connectivity index (χ0) is 11.9. The van der Waals surface area contributed by atoms with E-state index in [4.69, 9.17) is 4.74 Å². The average Bonchev–Trinajstić information content (AvgIpc) is 2.00. The minimum Gasteiger partial charge on any atom is -0.383 e. The highest BCUT2D eigenvalue weighted by Gasteiger charge is 2.29. The van der Waals surface area contributed by atoms with Crippen molar-refractivity contribution in [3.05, 3.63) is 0 Å². The molecule has 0 aromatic heterocycles. The SMILES string of the molecule is CCNC(COC)CN(C)CC(F)(F)F. The van der Waals surface area contributed by atoms with Crippen molar-refractivity contribution in [2.24, 2.45) is 0 Å². The summed E-state index contributed by atoms with van der Waals surface area (Å²) in [6.07, 6.45) is -4.14. The average molecular weight is 228 g/mol. The highest BCUT2D eigenvalue weighted by Crippen LogP contribution is 2.15. The largest absolute Gasteiger partial charge is 0.401 e. The summed E-state index contributed by atoms with van der Waals surface area (Å²) >= 11 is 0. The number of methoxy groups -OCH3 is 1. The highest BCUT2D eigenvalue weighted by molar-refractivity contribution is 4.71. The maximum Gasteiger partial charge on any atom is 0.401 e. The first-order chi connectivity index (χ1) is 6.89. The third-order valence-electron chi connectivity index (χ3n) is 1.84. The summed E-state index contributed by atoms with van der Waals surface area (Å²) in [6.45, 7) is 2.47. The Kier molecular flexibility index (Phi) is 6.87. The van der Waals surface area contributed by atoms with E-state index in [2.05, 4.69) is 5.32 Å². The predicted molar refractivity (Wildman–Crippen MR) is 52.9 cm³/mol. The van der Waals surface area contributed by atoms with E-state index < -0.39 is 12.7 Å². The van der Waals surface area contributed by atoms with Crippen LogP contribution in [-0.2, 0) is 4.74 Å². The van der Waals surface area contributed by atoms with Gasteiger partial charge in [-0.3, -0.25) is 4.90 Å². The molecule has 0 bridgehead atoms. The first kappa shape index (κ1) is 14.7. The molecule has 0 aromatic rings. The molecule has 0 amide bonds. The lowest BCUT2D eigenvalue weighted by atomic mass is 10.3. The predicted octanol–water partition coefficient (Wildman–Crippen LogP) is 1.10. The number of nitrogens with one attached hydrogen (secondary N) is 1. The van der Waals surface area contributed by atoms with Crippen LogP contribution in [0.5, 0.6) is 0 Å². The number of halogens is 3. The molecule has 0 fully saturated rings. The van der Waals surface area contributed by atoms with Crippen LogP contribution in [0.1, 0.15) is 6.92 Å². The molecule has 0 heterocycles. The quantitative estimate of drug-likeness (QED) is 0.706. The molecule has 1 atom stereocenters. The lowest BCUT2D eigenvalue weighted by molar-refractivity contribution is -0.143. The Morgan fingerprint density at radius 1 is 1.40 bits per heavy atom. The number of ether oxygens (including phenoxy) is 1. The lowest BCUT2D eigenvalue weighted by Gasteiger charge is -2.24. The fraction of sp³-hybridized carbons (Fsp3) is 1.00. The summed E-state index contributed by atoms with van der Waals surface area (Å²) in [7, 11) is 2.99. The summed E-state index contributed by atoms with van der Waals surface area (Å²) < 4.78 is 41.0. The van der Waals surface area contributed by atoms with E-state index in [1.165, 1.54) is 19.1 Å². The zero-order valence-electron chi connectivity index (χ0n) is 9.40. The third kappa shape index (κ3) is 8.65. The second-order valence-corrected chi connectivity index (χ2v) is 3.52. The molecule has 15 heavy (non-hydrogen) atoms. The Bertz CT molecular complexity index is 158. The molecule has 1 unspecified atom stereocenters. The molecule has 3 nitrogen and oxygen atoms in total. The Labute approximate surface area is 88.6 Å². The number of hydrogen-bond donors (Lipinski definition) is 1. The molecule has 0 aliphatic rings. The Morgan fingerprint density at radius 3 is 2.40 bits per heavy atom. The highest BCUT2D eigenvalue weighted by atomic mass is 19.4. The van der Waals surface area contributed by atoms with Crippen molar-refractivity contribution in [2.75, 3.05) is 40.4 Å². The molecule has 0 saturated heterocycles. The standard InChI is InChI=1S/C9H19F3N2O/c1-4-13-8(6-15-3)5-14(2)7-9(10,11)12/h8,13H,4-7H2,1-3H3. The van der Waals surface area contributed by atoms with Crippen molar-refractivity contribution in [1.29, 1.82) is 0 Å². The van der Waals surface area contributed by atoms with Gasteiger partial charge in [0.15, 0.2) is 0 Å². The van der Waals surface area contributed by atoms with Crippen LogP contribution >= 0.6 is 0 Å². The molecular formula is C9H19F3N2O. The van der Waals surface area contributed by atoms with Crippen LogP contribution in [0.4, 0.5) is 13.2 Å². The second-order valence-electron chi connectivity index (χ2n) is 3.52. The number of likely N-dealkylation sites (N-methyl/N-ethyl adjacent to an activating group) is 2. The van der Waals surface area contributed by atoms with Crippen molar-refractivity contribution in [1.82, 2.24) is 10.2 Å². The summed E-state index contributed by atoms with van der Waals surface area (Å²) in [6, 6.07) is -0.0626. The van der Waals surface area contributed by atoms with Gasteiger partial charge in [0.2, 0.25) is 0 Å². The summed E-state index contributed by atoms with van der Waals surface area (Å²) in [5.74, 6) is 0. The van der Waals surface area contributed by atoms with E-state index in [1.54, 1.807) is 0 Å². The van der Waals surface area contributed by atoms with Gasteiger partial charge in [-0.1, -0.05) is 6.92 Å². The number of alkyl halides is 3. The zero-order valence-corrected chi connectivity index (χ0v) is 9.40. The van der Waals surface area contributed by atoms with Gasteiger partial charge in [0.25, 0.3) is 0 Å². The summed E-state index contributed by atoms with van der Waals surface area (Å²) in [5.41, 5.74) is 0. The topological polar surface area (TPSA) is 24.5 Å². The minimum absolute atomic E-state index is 0.0626. The van der Waals surface area contributed by atoms with Gasteiger partial charge in [-0.2, -0.15) is 13.2 Å². The van der Waals surface area contributed by atoms with Crippen LogP contribution in [-0.4, -0.2) is 57.5 Å². The van der Waals surface area contributed by atoms with Crippen molar-refractivity contribution < 1.29 is 17.9 Å². The maximum absolute atomic E-state index is 12.0. The molecule has 0 saturated carbocycles. The second kappa shape index (κ2) is 7.03. The summed E-state index contributed by atoms with van der Waals surface area (Å²) in [4.78, 5) is 1.24. The van der Waals surface area contributed by atoms with Crippen molar-refractivity contribution >= 4 is 0 Å². The number of nitrogens with zero attached hydrogens (tertiary/aromatic N) is 1.